The zero-order valence-corrected chi connectivity index (χ0v) is 22.8. The fourth-order valence-electron chi connectivity index (χ4n) is 5.43. The van der Waals surface area contributed by atoms with Gasteiger partial charge in [0.05, 0.1) is 6.04 Å². The number of benzene rings is 2. The molecule has 2 aromatic carbocycles. The number of carbonyl (C=O) groups excluding carboxylic acids is 3. The van der Waals surface area contributed by atoms with Gasteiger partial charge in [0.1, 0.15) is 6.04 Å². The number of carbonyl (C=O) groups is 3. The van der Waals surface area contributed by atoms with Crippen molar-refractivity contribution < 1.29 is 14.4 Å². The lowest BCUT2D eigenvalue weighted by atomic mass is 9.86. The summed E-state index contributed by atoms with van der Waals surface area (Å²) in [7, 11) is 0. The van der Waals surface area contributed by atoms with Gasteiger partial charge in [-0.1, -0.05) is 60.7 Å². The summed E-state index contributed by atoms with van der Waals surface area (Å²) in [5, 5.41) is 9.74. The summed E-state index contributed by atoms with van der Waals surface area (Å²) >= 11 is 0. The third-order valence-corrected chi connectivity index (χ3v) is 7.53. The van der Waals surface area contributed by atoms with Crippen LogP contribution < -0.4 is 27.8 Å². The van der Waals surface area contributed by atoms with E-state index in [1.54, 1.807) is 0 Å². The Balaban J connectivity index is 1.41. The van der Waals surface area contributed by atoms with Crippen LogP contribution in [0.4, 0.5) is 0 Å². The van der Waals surface area contributed by atoms with E-state index in [-0.39, 0.29) is 31.4 Å². The number of fused-ring (bicyclic) bond motifs is 1. The van der Waals surface area contributed by atoms with Crippen LogP contribution in [0.15, 0.2) is 65.7 Å². The molecule has 0 unspecified atom stereocenters. The van der Waals surface area contributed by atoms with E-state index in [1.165, 1.54) is 0 Å². The van der Waals surface area contributed by atoms with Crippen molar-refractivity contribution in [3.8, 4) is 0 Å². The van der Waals surface area contributed by atoms with E-state index < -0.39 is 29.3 Å². The van der Waals surface area contributed by atoms with Crippen molar-refractivity contribution in [1.29, 1.82) is 0 Å². The number of nitrogens with two attached hydrogens (primary N) is 3. The predicted octanol–water partition coefficient (Wildman–Crippen LogP) is 0.0455. The topological polar surface area (TPSA) is 172 Å². The quantitative estimate of drug-likeness (QED) is 0.107. The van der Waals surface area contributed by atoms with Gasteiger partial charge in [0, 0.05) is 38.3 Å². The summed E-state index contributed by atoms with van der Waals surface area (Å²) in [4.78, 5) is 43.5. The molecular weight excluding hydrogens is 508 g/mol. The highest BCUT2D eigenvalue weighted by atomic mass is 16.2. The van der Waals surface area contributed by atoms with E-state index in [0.717, 1.165) is 30.6 Å². The maximum absolute atomic E-state index is 13.6. The fraction of sp³-hybridized carbons (Fsp3) is 0.448. The van der Waals surface area contributed by atoms with Crippen LogP contribution in [-0.2, 0) is 27.3 Å². The number of hydrogen-bond acceptors (Lipinski definition) is 7. The molecule has 0 aliphatic carbocycles. The lowest BCUT2D eigenvalue weighted by Gasteiger charge is -2.45. The summed E-state index contributed by atoms with van der Waals surface area (Å²) in [6.45, 7) is 2.52. The lowest BCUT2D eigenvalue weighted by molar-refractivity contribution is -0.142. The molecule has 40 heavy (non-hydrogen) atoms. The molecule has 0 radical (unpaired) electrons. The van der Waals surface area contributed by atoms with Crippen molar-refractivity contribution in [2.75, 3.05) is 26.2 Å². The van der Waals surface area contributed by atoms with Crippen molar-refractivity contribution >= 4 is 23.6 Å². The highest BCUT2D eigenvalue weighted by molar-refractivity contribution is 6.38. The first-order valence-corrected chi connectivity index (χ1v) is 13.8. The van der Waals surface area contributed by atoms with Gasteiger partial charge in [0.15, 0.2) is 5.96 Å². The first-order chi connectivity index (χ1) is 19.2. The number of nitrogens with zero attached hydrogens (tertiary/aromatic N) is 3. The Kier molecular flexibility index (Phi) is 9.86. The molecule has 2 aliphatic rings. The number of hydrogen-bond donors (Lipinski definition) is 5. The molecule has 3 atom stereocenters. The molecular formula is C29H40N8O3. The van der Waals surface area contributed by atoms with E-state index in [2.05, 4.69) is 32.8 Å². The normalized spacial score (nSPS) is 21.7. The van der Waals surface area contributed by atoms with Gasteiger partial charge in [-0.2, -0.15) is 0 Å². The molecule has 8 N–H and O–H groups in total. The van der Waals surface area contributed by atoms with Crippen molar-refractivity contribution in [2.45, 2.75) is 56.3 Å². The number of guanidine groups is 1. The summed E-state index contributed by atoms with van der Waals surface area (Å²) in [5.41, 5.74) is 19.2. The summed E-state index contributed by atoms with van der Waals surface area (Å²) in [6.07, 6.45) is 2.79. The van der Waals surface area contributed by atoms with Gasteiger partial charge in [0.2, 0.25) is 11.7 Å². The Morgan fingerprint density at radius 3 is 2.35 bits per heavy atom. The predicted molar refractivity (Wildman–Crippen MR) is 154 cm³/mol. The maximum atomic E-state index is 13.6. The van der Waals surface area contributed by atoms with Gasteiger partial charge in [-0.15, -0.1) is 0 Å². The third kappa shape index (κ3) is 7.87. The average molecular weight is 549 g/mol. The Morgan fingerprint density at radius 2 is 1.68 bits per heavy atom. The Hall–Kier alpha value is -3.80. The van der Waals surface area contributed by atoms with E-state index >= 15 is 0 Å². The second-order valence-electron chi connectivity index (χ2n) is 10.7. The lowest BCUT2D eigenvalue weighted by Crippen LogP contribution is -2.64. The molecule has 2 fully saturated rings. The molecule has 2 aliphatic heterocycles. The summed E-state index contributed by atoms with van der Waals surface area (Å²) in [6, 6.07) is 18.0. The number of ketones is 1. The van der Waals surface area contributed by atoms with Crippen LogP contribution in [0.5, 0.6) is 0 Å². The number of aliphatic imine (C=N–C) groups is 1. The molecule has 11 nitrogen and oxygen atoms in total. The van der Waals surface area contributed by atoms with Gasteiger partial charge in [-0.25, -0.2) is 10.0 Å². The number of nitrogens with one attached hydrogen (secondary N) is 2. The molecule has 0 aromatic heterocycles. The van der Waals surface area contributed by atoms with Crippen molar-refractivity contribution in [1.82, 2.24) is 20.7 Å². The van der Waals surface area contributed by atoms with Crippen LogP contribution >= 0.6 is 0 Å². The largest absolute Gasteiger partial charge is 0.370 e. The zero-order valence-electron chi connectivity index (χ0n) is 22.8. The number of amides is 2. The van der Waals surface area contributed by atoms with Crippen molar-refractivity contribution in [3.63, 3.8) is 0 Å². The Labute approximate surface area is 235 Å². The second-order valence-corrected chi connectivity index (χ2v) is 10.7. The van der Waals surface area contributed by atoms with Crippen LogP contribution in [0.3, 0.4) is 0 Å². The van der Waals surface area contributed by atoms with E-state index in [0.29, 0.717) is 25.8 Å². The minimum Gasteiger partial charge on any atom is -0.370 e. The molecule has 11 heteroatoms. The smallest absolute Gasteiger partial charge is 0.289 e. The monoisotopic (exact) mass is 548 g/mol. The Bertz CT molecular complexity index is 1190. The molecule has 4 rings (SSSR count). The van der Waals surface area contributed by atoms with Gasteiger partial charge in [0.25, 0.3) is 5.91 Å². The van der Waals surface area contributed by atoms with Gasteiger partial charge in [-0.3, -0.25) is 19.4 Å². The number of rotatable bonds is 12. The Morgan fingerprint density at radius 1 is 1.00 bits per heavy atom. The molecule has 2 saturated heterocycles. The first-order valence-electron chi connectivity index (χ1n) is 13.8. The van der Waals surface area contributed by atoms with E-state index in [9.17, 15) is 14.4 Å². The van der Waals surface area contributed by atoms with Gasteiger partial charge in [-0.05, 0) is 43.2 Å². The minimum absolute atomic E-state index is 0.0515. The average Bonchev–Trinajstić information content (AvgIpc) is 3.36. The standard InChI is InChI=1S/C29H40N8O3/c30-28(31)33-15-7-12-23(25(38)27(40)34-19-22-10-5-2-6-11-22)35-26(39)24-13-16-36-17-14-29(32,20-37(24)36)18-21-8-3-1-4-9-21/h1-6,8-11,23-24H,7,12-20,32H2,(H,34,40)(H,35,39)(H4,30,31,33)/t23-,24-,29+/m0/s1. The van der Waals surface area contributed by atoms with E-state index in [4.69, 9.17) is 17.2 Å². The highest BCUT2D eigenvalue weighted by Gasteiger charge is 2.45. The third-order valence-electron chi connectivity index (χ3n) is 7.53. The van der Waals surface area contributed by atoms with Gasteiger partial charge >= 0.3 is 0 Å². The summed E-state index contributed by atoms with van der Waals surface area (Å²) < 4.78 is 0. The number of hydrazine groups is 1. The van der Waals surface area contributed by atoms with Crippen LogP contribution in [0, 0.1) is 0 Å². The number of Topliss-reactive ketones (excluding diaryl/α,β-unsaturated/α-hetero) is 1. The SMILES string of the molecule is NC(N)=NCCC[C@H](NC(=O)[C@@H]1CCN2CC[C@@](N)(Cc3ccccc3)CN12)C(=O)C(=O)NCc1ccccc1. The molecule has 2 aromatic rings. The maximum Gasteiger partial charge on any atom is 0.289 e. The van der Waals surface area contributed by atoms with Gasteiger partial charge < -0.3 is 27.8 Å². The van der Waals surface area contributed by atoms with Crippen LogP contribution in [-0.4, -0.2) is 77.4 Å². The second kappa shape index (κ2) is 13.5. The molecule has 0 spiro atoms. The zero-order chi connectivity index (χ0) is 28.5. The van der Waals surface area contributed by atoms with Crippen molar-refractivity contribution in [3.05, 3.63) is 71.8 Å². The molecule has 0 saturated carbocycles. The summed E-state index contributed by atoms with van der Waals surface area (Å²) in [5.74, 6) is -1.78. The first kappa shape index (κ1) is 29.2. The van der Waals surface area contributed by atoms with Crippen LogP contribution in [0.2, 0.25) is 0 Å². The molecule has 214 valence electrons. The molecule has 2 heterocycles. The van der Waals surface area contributed by atoms with E-state index in [1.807, 2.05) is 53.5 Å². The van der Waals surface area contributed by atoms with Crippen LogP contribution in [0.25, 0.3) is 0 Å². The fourth-order valence-corrected chi connectivity index (χ4v) is 5.43. The van der Waals surface area contributed by atoms with Crippen molar-refractivity contribution in [2.24, 2.45) is 22.2 Å². The molecule has 2 amide bonds. The van der Waals surface area contributed by atoms with Crippen LogP contribution in [0.1, 0.15) is 36.8 Å². The minimum atomic E-state index is -0.997. The molecule has 0 bridgehead atoms. The highest BCUT2D eigenvalue weighted by Crippen LogP contribution is 2.30.